The number of hydrogen-bond donors (Lipinski definition) is 1. The molecule has 37 heavy (non-hydrogen) atoms. The van der Waals surface area contributed by atoms with Gasteiger partial charge in [0.15, 0.2) is 0 Å². The summed E-state index contributed by atoms with van der Waals surface area (Å²) >= 11 is 0. The number of anilines is 2. The molecule has 3 heterocycles. The fourth-order valence-electron chi connectivity index (χ4n) is 4.88. The number of aromatic nitrogens is 4. The molecule has 0 spiro atoms. The van der Waals surface area contributed by atoms with E-state index in [1.165, 1.54) is 12.4 Å². The first kappa shape index (κ1) is 24.7. The second-order valence-electron chi connectivity index (χ2n) is 9.37. The van der Waals surface area contributed by atoms with Gasteiger partial charge < -0.3 is 15.2 Å². The van der Waals surface area contributed by atoms with Crippen LogP contribution in [0.2, 0.25) is 0 Å². The summed E-state index contributed by atoms with van der Waals surface area (Å²) in [5, 5.41) is 0. The molecule has 0 bridgehead atoms. The van der Waals surface area contributed by atoms with E-state index >= 15 is 0 Å². The van der Waals surface area contributed by atoms with E-state index in [1.807, 2.05) is 42.8 Å². The van der Waals surface area contributed by atoms with E-state index in [9.17, 15) is 17.6 Å². The lowest BCUT2D eigenvalue weighted by Crippen LogP contribution is -2.34. The van der Waals surface area contributed by atoms with Crippen LogP contribution >= 0.6 is 0 Å². The minimum Gasteiger partial charge on any atom is -0.383 e. The third-order valence-electron chi connectivity index (χ3n) is 6.84. The van der Waals surface area contributed by atoms with Crippen molar-refractivity contribution in [2.75, 3.05) is 23.7 Å². The van der Waals surface area contributed by atoms with Crippen molar-refractivity contribution in [1.82, 2.24) is 19.5 Å². The van der Waals surface area contributed by atoms with E-state index < -0.39 is 17.6 Å². The van der Waals surface area contributed by atoms with Gasteiger partial charge in [0.25, 0.3) is 0 Å². The molecule has 0 amide bonds. The molecule has 1 saturated heterocycles. The maximum atomic E-state index is 13.7. The third kappa shape index (κ3) is 4.87. The number of hydrogen-bond acceptors (Lipinski definition) is 5. The molecule has 10 heteroatoms. The molecule has 6 nitrogen and oxygen atoms in total. The molecule has 1 aliphatic rings. The molecular formula is C27H26F4N6. The highest BCUT2D eigenvalue weighted by atomic mass is 19.4. The predicted molar refractivity (Wildman–Crippen MR) is 134 cm³/mol. The minimum atomic E-state index is -4.77. The maximum absolute atomic E-state index is 13.7. The highest BCUT2D eigenvalue weighted by Gasteiger charge is 2.34. The SMILES string of the molecule is Cc1ccc(-c2c(N)ncnc2N2CCC(c3nc(-c4ccc(F)c(C(F)(F)F)c4)cn3C)CC2)cc1. The number of nitrogens with two attached hydrogens (primary N) is 1. The number of benzene rings is 2. The Kier molecular flexibility index (Phi) is 6.35. The van der Waals surface area contributed by atoms with Gasteiger partial charge in [0.1, 0.15) is 29.6 Å². The summed E-state index contributed by atoms with van der Waals surface area (Å²) in [4.78, 5) is 15.6. The summed E-state index contributed by atoms with van der Waals surface area (Å²) in [6.07, 6.45) is -0.0586. The molecule has 5 rings (SSSR count). The number of aryl methyl sites for hydroxylation is 2. The Morgan fingerprint density at radius 2 is 1.65 bits per heavy atom. The number of halogens is 4. The van der Waals surface area contributed by atoms with Crippen LogP contribution in [0.3, 0.4) is 0 Å². The first-order valence-electron chi connectivity index (χ1n) is 11.9. The van der Waals surface area contributed by atoms with E-state index in [0.29, 0.717) is 24.6 Å². The van der Waals surface area contributed by atoms with Crippen molar-refractivity contribution in [2.24, 2.45) is 7.05 Å². The fourth-order valence-corrected chi connectivity index (χ4v) is 4.88. The average molecular weight is 511 g/mol. The van der Waals surface area contributed by atoms with Crippen molar-refractivity contribution in [3.05, 3.63) is 77.8 Å². The zero-order valence-corrected chi connectivity index (χ0v) is 20.4. The van der Waals surface area contributed by atoms with Crippen LogP contribution in [0.4, 0.5) is 29.2 Å². The molecule has 0 aliphatic carbocycles. The Morgan fingerprint density at radius 3 is 2.32 bits per heavy atom. The van der Waals surface area contributed by atoms with Gasteiger partial charge in [-0.25, -0.2) is 19.3 Å². The summed E-state index contributed by atoms with van der Waals surface area (Å²) in [6, 6.07) is 11.0. The minimum absolute atomic E-state index is 0.111. The van der Waals surface area contributed by atoms with Crippen LogP contribution in [-0.4, -0.2) is 32.6 Å². The van der Waals surface area contributed by atoms with Gasteiger partial charge in [0.2, 0.25) is 0 Å². The Morgan fingerprint density at radius 1 is 0.973 bits per heavy atom. The van der Waals surface area contributed by atoms with Crippen LogP contribution in [-0.2, 0) is 13.2 Å². The Hall–Kier alpha value is -3.95. The molecular weight excluding hydrogens is 484 g/mol. The van der Waals surface area contributed by atoms with Crippen molar-refractivity contribution < 1.29 is 17.6 Å². The Bertz CT molecular complexity index is 1420. The quantitative estimate of drug-likeness (QED) is 0.342. The highest BCUT2D eigenvalue weighted by molar-refractivity contribution is 5.84. The predicted octanol–water partition coefficient (Wildman–Crippen LogP) is 5.98. The molecule has 1 fully saturated rings. The van der Waals surface area contributed by atoms with Crippen molar-refractivity contribution in [2.45, 2.75) is 31.9 Å². The van der Waals surface area contributed by atoms with Gasteiger partial charge in [0, 0.05) is 37.8 Å². The van der Waals surface area contributed by atoms with Crippen molar-refractivity contribution in [3.63, 3.8) is 0 Å². The molecule has 2 aromatic carbocycles. The Labute approximate surface area is 211 Å². The third-order valence-corrected chi connectivity index (χ3v) is 6.84. The smallest absolute Gasteiger partial charge is 0.383 e. The lowest BCUT2D eigenvalue weighted by molar-refractivity contribution is -0.139. The highest BCUT2D eigenvalue weighted by Crippen LogP contribution is 2.38. The molecule has 0 radical (unpaired) electrons. The van der Waals surface area contributed by atoms with Crippen molar-refractivity contribution >= 4 is 11.6 Å². The second-order valence-corrected chi connectivity index (χ2v) is 9.37. The van der Waals surface area contributed by atoms with E-state index in [4.69, 9.17) is 5.73 Å². The molecule has 1 aliphatic heterocycles. The molecule has 0 unspecified atom stereocenters. The lowest BCUT2D eigenvalue weighted by Gasteiger charge is -2.33. The number of nitrogens with zero attached hydrogens (tertiary/aromatic N) is 5. The molecule has 4 aromatic rings. The number of imidazole rings is 1. The zero-order chi connectivity index (χ0) is 26.3. The van der Waals surface area contributed by atoms with Gasteiger partial charge in [-0.1, -0.05) is 29.8 Å². The van der Waals surface area contributed by atoms with Gasteiger partial charge in [-0.15, -0.1) is 0 Å². The van der Waals surface area contributed by atoms with E-state index in [0.717, 1.165) is 53.3 Å². The number of alkyl halides is 3. The van der Waals surface area contributed by atoms with Crippen LogP contribution in [0.5, 0.6) is 0 Å². The zero-order valence-electron chi connectivity index (χ0n) is 20.4. The summed E-state index contributed by atoms with van der Waals surface area (Å²) < 4.78 is 55.2. The average Bonchev–Trinajstić information content (AvgIpc) is 3.26. The van der Waals surface area contributed by atoms with Gasteiger partial charge in [0.05, 0.1) is 16.8 Å². The number of nitrogen functional groups attached to an aromatic ring is 1. The van der Waals surface area contributed by atoms with E-state index in [-0.39, 0.29) is 11.5 Å². The van der Waals surface area contributed by atoms with Gasteiger partial charge in [-0.3, -0.25) is 0 Å². The van der Waals surface area contributed by atoms with Crippen LogP contribution in [0.25, 0.3) is 22.4 Å². The molecule has 192 valence electrons. The number of piperidine rings is 1. The standard InChI is InChI=1S/C27H26F4N6/c1-16-3-5-17(6-4-16)23-24(32)33-15-34-26(23)37-11-9-18(10-12-37)25-35-22(14-36(25)2)19-7-8-21(28)20(13-19)27(29,30)31/h3-8,13-15,18H,9-12H2,1-2H3,(H2,32,33,34). The molecule has 0 atom stereocenters. The fraction of sp³-hybridized carbons (Fsp3) is 0.296. The van der Waals surface area contributed by atoms with Crippen LogP contribution in [0.15, 0.2) is 55.0 Å². The van der Waals surface area contributed by atoms with E-state index in [1.54, 1.807) is 6.20 Å². The van der Waals surface area contributed by atoms with Gasteiger partial charge in [-0.05, 0) is 43.5 Å². The summed E-state index contributed by atoms with van der Waals surface area (Å²) in [6.45, 7) is 3.43. The molecule has 0 saturated carbocycles. The summed E-state index contributed by atoms with van der Waals surface area (Å²) in [7, 11) is 1.83. The normalized spacial score (nSPS) is 14.8. The lowest BCUT2D eigenvalue weighted by atomic mass is 9.95. The summed E-state index contributed by atoms with van der Waals surface area (Å²) in [5.74, 6) is 0.798. The summed E-state index contributed by atoms with van der Waals surface area (Å²) in [5.41, 5.74) is 8.48. The second kappa shape index (κ2) is 9.49. The van der Waals surface area contributed by atoms with Crippen molar-refractivity contribution in [1.29, 1.82) is 0 Å². The van der Waals surface area contributed by atoms with Gasteiger partial charge >= 0.3 is 6.18 Å². The first-order valence-corrected chi connectivity index (χ1v) is 11.9. The number of rotatable bonds is 4. The van der Waals surface area contributed by atoms with Crippen LogP contribution < -0.4 is 10.6 Å². The van der Waals surface area contributed by atoms with Gasteiger partial charge in [-0.2, -0.15) is 13.2 Å². The molecule has 2 N–H and O–H groups in total. The van der Waals surface area contributed by atoms with Crippen molar-refractivity contribution in [3.8, 4) is 22.4 Å². The Balaban J connectivity index is 1.37. The first-order chi connectivity index (χ1) is 17.6. The monoisotopic (exact) mass is 510 g/mol. The van der Waals surface area contributed by atoms with Crippen LogP contribution in [0.1, 0.15) is 35.7 Å². The van der Waals surface area contributed by atoms with E-state index in [2.05, 4.69) is 19.9 Å². The molecule has 2 aromatic heterocycles. The topological polar surface area (TPSA) is 72.9 Å². The largest absolute Gasteiger partial charge is 0.419 e. The van der Waals surface area contributed by atoms with Crippen LogP contribution in [0, 0.1) is 12.7 Å². The maximum Gasteiger partial charge on any atom is 0.419 e.